The third-order valence-corrected chi connectivity index (χ3v) is 5.28. The van der Waals surface area contributed by atoms with Gasteiger partial charge in [0.05, 0.1) is 0 Å². The van der Waals surface area contributed by atoms with Gasteiger partial charge in [-0.3, -0.25) is 4.90 Å². The SMILES string of the molecule is C[C@H]1CN(C(=O)OC(C)(C)C)CCN1Cc1ccc(Br)cc1Oc1ccccc1. The minimum atomic E-state index is -0.474. The first kappa shape index (κ1) is 21.7. The molecule has 0 bridgehead atoms. The quantitative estimate of drug-likeness (QED) is 0.588. The number of hydrogen-bond acceptors (Lipinski definition) is 4. The molecular formula is C23H29BrN2O3. The van der Waals surface area contributed by atoms with Crippen molar-refractivity contribution in [2.24, 2.45) is 0 Å². The molecule has 2 aromatic carbocycles. The number of para-hydroxylation sites is 1. The lowest BCUT2D eigenvalue weighted by Gasteiger charge is -2.40. The molecule has 1 aliphatic heterocycles. The molecule has 0 saturated carbocycles. The number of halogens is 1. The van der Waals surface area contributed by atoms with E-state index in [1.54, 1.807) is 4.90 Å². The molecule has 6 heteroatoms. The van der Waals surface area contributed by atoms with Gasteiger partial charge in [0.15, 0.2) is 0 Å². The van der Waals surface area contributed by atoms with Gasteiger partial charge in [0.2, 0.25) is 0 Å². The minimum Gasteiger partial charge on any atom is -0.457 e. The lowest BCUT2D eigenvalue weighted by molar-refractivity contribution is 0.00452. The predicted molar refractivity (Wildman–Crippen MR) is 118 cm³/mol. The fraction of sp³-hybridized carbons (Fsp3) is 0.435. The Bertz CT molecular complexity index is 836. The molecule has 1 saturated heterocycles. The van der Waals surface area contributed by atoms with Crippen molar-refractivity contribution in [1.82, 2.24) is 9.80 Å². The molecule has 3 rings (SSSR count). The summed E-state index contributed by atoms with van der Waals surface area (Å²) in [6.07, 6.45) is -0.235. The molecule has 1 heterocycles. The van der Waals surface area contributed by atoms with Gasteiger partial charge < -0.3 is 14.4 Å². The van der Waals surface area contributed by atoms with Crippen LogP contribution in [0.3, 0.4) is 0 Å². The number of amides is 1. The number of ether oxygens (including phenoxy) is 2. The molecule has 29 heavy (non-hydrogen) atoms. The van der Waals surface area contributed by atoms with Crippen LogP contribution in [0.5, 0.6) is 11.5 Å². The van der Waals surface area contributed by atoms with Crippen LogP contribution in [0, 0.1) is 0 Å². The van der Waals surface area contributed by atoms with Gasteiger partial charge in [0, 0.05) is 42.3 Å². The monoisotopic (exact) mass is 460 g/mol. The highest BCUT2D eigenvalue weighted by Crippen LogP contribution is 2.30. The van der Waals surface area contributed by atoms with E-state index in [-0.39, 0.29) is 12.1 Å². The van der Waals surface area contributed by atoms with Crippen LogP contribution < -0.4 is 4.74 Å². The molecule has 156 valence electrons. The third kappa shape index (κ3) is 6.21. The van der Waals surface area contributed by atoms with E-state index < -0.39 is 5.60 Å². The fourth-order valence-electron chi connectivity index (χ4n) is 3.31. The van der Waals surface area contributed by atoms with Crippen LogP contribution in [0.4, 0.5) is 4.79 Å². The summed E-state index contributed by atoms with van der Waals surface area (Å²) in [5.41, 5.74) is 0.646. The van der Waals surface area contributed by atoms with Gasteiger partial charge in [-0.1, -0.05) is 40.2 Å². The molecule has 1 atom stereocenters. The Kier molecular flexibility index (Phi) is 6.85. The van der Waals surface area contributed by atoms with Crippen LogP contribution in [-0.2, 0) is 11.3 Å². The van der Waals surface area contributed by atoms with E-state index in [1.165, 1.54) is 0 Å². The normalized spacial score (nSPS) is 17.8. The van der Waals surface area contributed by atoms with Crippen molar-refractivity contribution in [2.75, 3.05) is 19.6 Å². The second-order valence-electron chi connectivity index (χ2n) is 8.41. The fourth-order valence-corrected chi connectivity index (χ4v) is 3.65. The molecule has 0 aliphatic carbocycles. The third-order valence-electron chi connectivity index (χ3n) is 4.79. The zero-order valence-corrected chi connectivity index (χ0v) is 19.1. The van der Waals surface area contributed by atoms with Crippen LogP contribution in [-0.4, -0.2) is 47.2 Å². The Morgan fingerprint density at radius 3 is 2.52 bits per heavy atom. The van der Waals surface area contributed by atoms with E-state index >= 15 is 0 Å². The summed E-state index contributed by atoms with van der Waals surface area (Å²) in [5.74, 6) is 1.65. The van der Waals surface area contributed by atoms with E-state index in [2.05, 4.69) is 33.8 Å². The average Bonchev–Trinajstić information content (AvgIpc) is 2.64. The first-order chi connectivity index (χ1) is 13.7. The van der Waals surface area contributed by atoms with Crippen LogP contribution in [0.1, 0.15) is 33.3 Å². The lowest BCUT2D eigenvalue weighted by atomic mass is 10.1. The largest absolute Gasteiger partial charge is 0.457 e. The molecular weight excluding hydrogens is 432 g/mol. The van der Waals surface area contributed by atoms with Crippen molar-refractivity contribution >= 4 is 22.0 Å². The van der Waals surface area contributed by atoms with Crippen LogP contribution >= 0.6 is 15.9 Å². The van der Waals surface area contributed by atoms with Gasteiger partial charge in [0.1, 0.15) is 17.1 Å². The zero-order valence-electron chi connectivity index (χ0n) is 17.5. The number of piperazine rings is 1. The molecule has 0 spiro atoms. The Morgan fingerprint density at radius 2 is 1.86 bits per heavy atom. The molecule has 1 fully saturated rings. The molecule has 5 nitrogen and oxygen atoms in total. The van der Waals surface area contributed by atoms with Gasteiger partial charge in [-0.05, 0) is 52.0 Å². The molecule has 0 aromatic heterocycles. The Balaban J connectivity index is 1.67. The van der Waals surface area contributed by atoms with Crippen LogP contribution in [0.25, 0.3) is 0 Å². The van der Waals surface area contributed by atoms with Gasteiger partial charge in [0.25, 0.3) is 0 Å². The van der Waals surface area contributed by atoms with Crippen molar-refractivity contribution in [3.8, 4) is 11.5 Å². The van der Waals surface area contributed by atoms with Crippen molar-refractivity contribution in [3.63, 3.8) is 0 Å². The maximum Gasteiger partial charge on any atom is 0.410 e. The Labute approximate surface area is 181 Å². The van der Waals surface area contributed by atoms with Gasteiger partial charge in [-0.2, -0.15) is 0 Å². The number of hydrogen-bond donors (Lipinski definition) is 0. The summed E-state index contributed by atoms with van der Waals surface area (Å²) in [5, 5.41) is 0. The summed E-state index contributed by atoms with van der Waals surface area (Å²) < 4.78 is 12.6. The van der Waals surface area contributed by atoms with E-state index in [9.17, 15) is 4.79 Å². The summed E-state index contributed by atoms with van der Waals surface area (Å²) in [6.45, 7) is 10.7. The van der Waals surface area contributed by atoms with Crippen molar-refractivity contribution < 1.29 is 14.3 Å². The average molecular weight is 461 g/mol. The zero-order chi connectivity index (χ0) is 21.0. The summed E-state index contributed by atoms with van der Waals surface area (Å²) >= 11 is 3.54. The predicted octanol–water partition coefficient (Wildman–Crippen LogP) is 5.68. The highest BCUT2D eigenvalue weighted by atomic mass is 79.9. The van der Waals surface area contributed by atoms with E-state index in [4.69, 9.17) is 9.47 Å². The second-order valence-corrected chi connectivity index (χ2v) is 9.33. The Morgan fingerprint density at radius 1 is 1.14 bits per heavy atom. The number of rotatable bonds is 4. The number of benzene rings is 2. The Hall–Kier alpha value is -2.05. The molecule has 2 aromatic rings. The number of carbonyl (C=O) groups is 1. The van der Waals surface area contributed by atoms with Gasteiger partial charge in [-0.25, -0.2) is 4.79 Å². The van der Waals surface area contributed by atoms with Gasteiger partial charge >= 0.3 is 6.09 Å². The van der Waals surface area contributed by atoms with Gasteiger partial charge in [-0.15, -0.1) is 0 Å². The first-order valence-electron chi connectivity index (χ1n) is 9.94. The topological polar surface area (TPSA) is 42.0 Å². The summed E-state index contributed by atoms with van der Waals surface area (Å²) in [6, 6.07) is 16.2. The maximum absolute atomic E-state index is 12.4. The highest BCUT2D eigenvalue weighted by molar-refractivity contribution is 9.10. The van der Waals surface area contributed by atoms with Crippen molar-refractivity contribution in [2.45, 2.75) is 45.9 Å². The van der Waals surface area contributed by atoms with E-state index in [1.807, 2.05) is 63.2 Å². The van der Waals surface area contributed by atoms with Crippen molar-refractivity contribution in [3.05, 3.63) is 58.6 Å². The molecule has 0 unspecified atom stereocenters. The van der Waals surface area contributed by atoms with Crippen LogP contribution in [0.15, 0.2) is 53.0 Å². The smallest absolute Gasteiger partial charge is 0.410 e. The van der Waals surface area contributed by atoms with Crippen molar-refractivity contribution in [1.29, 1.82) is 0 Å². The standard InChI is InChI=1S/C23H29BrN2O3/c1-17-15-26(22(27)29-23(2,3)4)13-12-25(17)16-18-10-11-19(24)14-21(18)28-20-8-6-5-7-9-20/h5-11,14,17H,12-13,15-16H2,1-4H3/t17-/m0/s1. The first-order valence-corrected chi connectivity index (χ1v) is 10.7. The molecule has 1 aliphatic rings. The maximum atomic E-state index is 12.4. The molecule has 0 radical (unpaired) electrons. The second kappa shape index (κ2) is 9.18. The number of nitrogens with zero attached hydrogens (tertiary/aromatic N) is 2. The summed E-state index contributed by atoms with van der Waals surface area (Å²) in [4.78, 5) is 16.6. The highest BCUT2D eigenvalue weighted by Gasteiger charge is 2.30. The minimum absolute atomic E-state index is 0.226. The van der Waals surface area contributed by atoms with Crippen LogP contribution in [0.2, 0.25) is 0 Å². The van der Waals surface area contributed by atoms with E-state index in [0.717, 1.165) is 34.6 Å². The summed E-state index contributed by atoms with van der Waals surface area (Å²) in [7, 11) is 0. The number of carbonyl (C=O) groups excluding carboxylic acids is 1. The lowest BCUT2D eigenvalue weighted by Crippen LogP contribution is -2.54. The molecule has 1 amide bonds. The van der Waals surface area contributed by atoms with E-state index in [0.29, 0.717) is 13.1 Å². The molecule has 0 N–H and O–H groups in total.